The van der Waals surface area contributed by atoms with Crippen LogP contribution in [0.3, 0.4) is 0 Å². The highest BCUT2D eigenvalue weighted by Crippen LogP contribution is 2.23. The van der Waals surface area contributed by atoms with Gasteiger partial charge in [0, 0.05) is 23.0 Å². The third-order valence-corrected chi connectivity index (χ3v) is 3.84. The lowest BCUT2D eigenvalue weighted by molar-refractivity contribution is 0.344. The summed E-state index contributed by atoms with van der Waals surface area (Å²) in [4.78, 5) is 0. The highest BCUT2D eigenvalue weighted by molar-refractivity contribution is 5.51. The van der Waals surface area contributed by atoms with Crippen LogP contribution in [0.1, 0.15) is 40.5 Å². The fraction of sp³-hybridized carbons (Fsp3) is 0.474. The van der Waals surface area contributed by atoms with Gasteiger partial charge in [-0.25, -0.2) is 0 Å². The molecule has 2 N–H and O–H groups in total. The van der Waals surface area contributed by atoms with E-state index in [9.17, 15) is 0 Å². The molecule has 2 nitrogen and oxygen atoms in total. The summed E-state index contributed by atoms with van der Waals surface area (Å²) in [5.74, 6) is 0.731. The molecule has 2 rings (SSSR count). The van der Waals surface area contributed by atoms with Crippen molar-refractivity contribution in [3.05, 3.63) is 54.3 Å². The molecule has 0 spiro atoms. The Bertz CT molecular complexity index is 502. The number of allylic oxidation sites excluding steroid dienone is 1. The van der Waals surface area contributed by atoms with E-state index in [1.807, 2.05) is 6.07 Å². The molecule has 1 aliphatic rings. The first-order valence-electron chi connectivity index (χ1n) is 7.96. The van der Waals surface area contributed by atoms with Gasteiger partial charge < -0.3 is 10.6 Å². The summed E-state index contributed by atoms with van der Waals surface area (Å²) in [6, 6.07) is 10.9. The molecule has 114 valence electrons. The van der Waals surface area contributed by atoms with Crippen LogP contribution in [0.5, 0.6) is 0 Å². The second-order valence-electron chi connectivity index (χ2n) is 6.78. The summed E-state index contributed by atoms with van der Waals surface area (Å²) in [6.45, 7) is 9.11. The average Bonchev–Trinajstić information content (AvgIpc) is 2.41. The Hall–Kier alpha value is -1.54. The smallest absolute Gasteiger partial charge is 0.0384 e. The monoisotopic (exact) mass is 284 g/mol. The van der Waals surface area contributed by atoms with Crippen molar-refractivity contribution >= 4 is 5.69 Å². The van der Waals surface area contributed by atoms with Gasteiger partial charge in [0.05, 0.1) is 0 Å². The Morgan fingerprint density at radius 3 is 2.43 bits per heavy atom. The largest absolute Gasteiger partial charge is 0.356 e. The third kappa shape index (κ3) is 5.05. The van der Waals surface area contributed by atoms with Gasteiger partial charge >= 0.3 is 0 Å². The van der Waals surface area contributed by atoms with E-state index in [4.69, 9.17) is 0 Å². The summed E-state index contributed by atoms with van der Waals surface area (Å²) in [7, 11) is 0. The van der Waals surface area contributed by atoms with E-state index < -0.39 is 0 Å². The highest BCUT2D eigenvalue weighted by Gasteiger charge is 2.24. The number of hydrogen-bond donors (Lipinski definition) is 2. The highest BCUT2D eigenvalue weighted by atomic mass is 15.0. The first-order chi connectivity index (χ1) is 9.97. The maximum atomic E-state index is 3.75. The van der Waals surface area contributed by atoms with E-state index >= 15 is 0 Å². The number of para-hydroxylation sites is 1. The zero-order chi connectivity index (χ0) is 15.3. The third-order valence-electron chi connectivity index (χ3n) is 3.84. The summed E-state index contributed by atoms with van der Waals surface area (Å²) < 4.78 is 0. The number of hydrogen-bond acceptors (Lipinski definition) is 2. The molecule has 21 heavy (non-hydrogen) atoms. The molecule has 0 aliphatic heterocycles. The maximum absolute atomic E-state index is 3.75. The Morgan fingerprint density at radius 2 is 1.86 bits per heavy atom. The summed E-state index contributed by atoms with van der Waals surface area (Å²) in [5, 5.41) is 7.20. The fourth-order valence-corrected chi connectivity index (χ4v) is 2.95. The van der Waals surface area contributed by atoms with Gasteiger partial charge in [0.1, 0.15) is 0 Å². The van der Waals surface area contributed by atoms with Crippen molar-refractivity contribution in [1.82, 2.24) is 5.32 Å². The zero-order valence-electron chi connectivity index (χ0n) is 13.7. The summed E-state index contributed by atoms with van der Waals surface area (Å²) in [6.07, 6.45) is 8.98. The van der Waals surface area contributed by atoms with Crippen molar-refractivity contribution in [2.24, 2.45) is 5.92 Å². The van der Waals surface area contributed by atoms with E-state index in [-0.39, 0.29) is 5.54 Å². The molecule has 2 heteroatoms. The lowest BCUT2D eigenvalue weighted by Crippen LogP contribution is -2.46. The minimum Gasteiger partial charge on any atom is -0.356 e. The van der Waals surface area contributed by atoms with Crippen molar-refractivity contribution in [3.8, 4) is 0 Å². The Balaban J connectivity index is 1.90. The van der Waals surface area contributed by atoms with E-state index in [1.54, 1.807) is 0 Å². The van der Waals surface area contributed by atoms with Gasteiger partial charge in [-0.15, -0.1) is 0 Å². The van der Waals surface area contributed by atoms with E-state index in [0.717, 1.165) is 18.0 Å². The predicted molar refractivity (Wildman–Crippen MR) is 92.4 cm³/mol. The van der Waals surface area contributed by atoms with Crippen LogP contribution in [0.2, 0.25) is 0 Å². The molecule has 2 unspecified atom stereocenters. The molecule has 0 heterocycles. The molecule has 1 aromatic carbocycles. The molecule has 0 saturated heterocycles. The quantitative estimate of drug-likeness (QED) is 0.789. The van der Waals surface area contributed by atoms with Crippen molar-refractivity contribution in [2.45, 2.75) is 52.1 Å². The SMILES string of the molecule is CC(C)CC(C)NC1(C)C=CC(Nc2ccccc2)=CC1. The topological polar surface area (TPSA) is 24.1 Å². The first kappa shape index (κ1) is 15.8. The van der Waals surface area contributed by atoms with Gasteiger partial charge in [0.15, 0.2) is 0 Å². The fourth-order valence-electron chi connectivity index (χ4n) is 2.95. The van der Waals surface area contributed by atoms with Crippen molar-refractivity contribution in [2.75, 3.05) is 5.32 Å². The van der Waals surface area contributed by atoms with E-state index in [1.165, 1.54) is 12.1 Å². The van der Waals surface area contributed by atoms with Crippen LogP contribution in [-0.2, 0) is 0 Å². The molecule has 0 saturated carbocycles. The first-order valence-corrected chi connectivity index (χ1v) is 7.96. The number of nitrogens with one attached hydrogen (secondary N) is 2. The molecule has 0 fully saturated rings. The Labute approximate surface area is 129 Å². The van der Waals surface area contributed by atoms with Gasteiger partial charge in [0.25, 0.3) is 0 Å². The van der Waals surface area contributed by atoms with Crippen LogP contribution in [-0.4, -0.2) is 11.6 Å². The lowest BCUT2D eigenvalue weighted by atomic mass is 9.90. The van der Waals surface area contributed by atoms with Gasteiger partial charge in [-0.3, -0.25) is 0 Å². The molecule has 1 aliphatic carbocycles. The molecule has 1 aromatic rings. The predicted octanol–water partition coefficient (Wildman–Crippen LogP) is 4.73. The lowest BCUT2D eigenvalue weighted by Gasteiger charge is -2.33. The minimum atomic E-state index is 0.0656. The number of rotatable bonds is 6. The second-order valence-corrected chi connectivity index (χ2v) is 6.78. The molecule has 2 atom stereocenters. The molecular formula is C19H28N2. The summed E-state index contributed by atoms with van der Waals surface area (Å²) >= 11 is 0. The van der Waals surface area contributed by atoms with Crippen molar-refractivity contribution in [1.29, 1.82) is 0 Å². The molecular weight excluding hydrogens is 256 g/mol. The van der Waals surface area contributed by atoms with Crippen molar-refractivity contribution in [3.63, 3.8) is 0 Å². The van der Waals surface area contributed by atoms with Crippen LogP contribution in [0, 0.1) is 5.92 Å². The minimum absolute atomic E-state index is 0.0656. The van der Waals surface area contributed by atoms with Gasteiger partial charge in [-0.05, 0) is 50.8 Å². The normalized spacial score (nSPS) is 23.0. The molecule has 0 radical (unpaired) electrons. The van der Waals surface area contributed by atoms with E-state index in [0.29, 0.717) is 6.04 Å². The zero-order valence-corrected chi connectivity index (χ0v) is 13.7. The van der Waals surface area contributed by atoms with Crippen LogP contribution >= 0.6 is 0 Å². The standard InChI is InChI=1S/C19H28N2/c1-15(2)14-16(3)21-19(4)12-10-18(11-13-19)20-17-8-6-5-7-9-17/h5-12,15-16,20-21H,13-14H2,1-4H3. The van der Waals surface area contributed by atoms with Crippen LogP contribution in [0.25, 0.3) is 0 Å². The average molecular weight is 284 g/mol. The Kier molecular flexibility index (Phi) is 5.24. The summed E-state index contributed by atoms with van der Waals surface area (Å²) in [5.41, 5.74) is 2.38. The second kappa shape index (κ2) is 6.95. The van der Waals surface area contributed by atoms with Crippen LogP contribution in [0.4, 0.5) is 5.69 Å². The molecule has 0 amide bonds. The number of anilines is 1. The van der Waals surface area contributed by atoms with Gasteiger partial charge in [-0.1, -0.05) is 44.2 Å². The van der Waals surface area contributed by atoms with Crippen LogP contribution in [0.15, 0.2) is 54.3 Å². The van der Waals surface area contributed by atoms with Gasteiger partial charge in [-0.2, -0.15) is 0 Å². The number of benzene rings is 1. The maximum Gasteiger partial charge on any atom is 0.0384 e. The molecule has 0 bridgehead atoms. The van der Waals surface area contributed by atoms with Gasteiger partial charge in [0.2, 0.25) is 0 Å². The van der Waals surface area contributed by atoms with Crippen molar-refractivity contribution < 1.29 is 0 Å². The van der Waals surface area contributed by atoms with Crippen LogP contribution < -0.4 is 10.6 Å². The van der Waals surface area contributed by atoms with E-state index in [2.05, 4.69) is 80.8 Å². The molecule has 0 aromatic heterocycles. The Morgan fingerprint density at radius 1 is 1.14 bits per heavy atom.